The van der Waals surface area contributed by atoms with Crippen LogP contribution in [0.25, 0.3) is 0 Å². The van der Waals surface area contributed by atoms with Crippen LogP contribution in [0.4, 0.5) is 5.69 Å². The number of nitriles is 1. The van der Waals surface area contributed by atoms with Crippen LogP contribution in [0.5, 0.6) is 0 Å². The van der Waals surface area contributed by atoms with Gasteiger partial charge in [0.05, 0.1) is 36.0 Å². The van der Waals surface area contributed by atoms with E-state index in [0.29, 0.717) is 19.7 Å². The molecule has 1 aliphatic rings. The number of H-pyrrole nitrogens is 1. The van der Waals surface area contributed by atoms with Crippen molar-refractivity contribution in [3.05, 3.63) is 28.1 Å². The third-order valence-electron chi connectivity index (χ3n) is 2.84. The van der Waals surface area contributed by atoms with Crippen LogP contribution in [0.1, 0.15) is 10.5 Å². The molecule has 0 spiro atoms. The molecule has 100 valence electrons. The molecule has 1 aromatic heterocycles. The minimum atomic E-state index is -0.562. The maximum Gasteiger partial charge on any atom is 0.287 e. The van der Waals surface area contributed by atoms with Gasteiger partial charge in [-0.1, -0.05) is 0 Å². The largest absolute Gasteiger partial charge is 0.361 e. The molecule has 0 aromatic carbocycles. The van der Waals surface area contributed by atoms with Crippen molar-refractivity contribution in [1.29, 1.82) is 5.26 Å². The third kappa shape index (κ3) is 3.15. The summed E-state index contributed by atoms with van der Waals surface area (Å²) >= 11 is 0. The Kier molecular flexibility index (Phi) is 3.89. The molecule has 19 heavy (non-hydrogen) atoms. The van der Waals surface area contributed by atoms with Crippen LogP contribution in [-0.4, -0.2) is 52.9 Å². The van der Waals surface area contributed by atoms with E-state index in [-0.39, 0.29) is 23.7 Å². The van der Waals surface area contributed by atoms with Crippen LogP contribution in [-0.2, 0) is 4.74 Å². The molecule has 2 heterocycles. The number of nitro groups is 1. The summed E-state index contributed by atoms with van der Waals surface area (Å²) in [6, 6.07) is 3.21. The molecule has 2 rings (SSSR count). The normalized spacial score (nSPS) is 19.8. The van der Waals surface area contributed by atoms with E-state index in [1.807, 2.05) is 6.07 Å². The van der Waals surface area contributed by atoms with Gasteiger partial charge in [-0.25, -0.2) is 0 Å². The van der Waals surface area contributed by atoms with Gasteiger partial charge in [0, 0.05) is 19.2 Å². The van der Waals surface area contributed by atoms with E-state index < -0.39 is 11.0 Å². The topological polar surface area (TPSA) is 112 Å². The highest BCUT2D eigenvalue weighted by molar-refractivity contribution is 5.96. The fourth-order valence-electron chi connectivity index (χ4n) is 1.86. The number of morpholine rings is 1. The third-order valence-corrected chi connectivity index (χ3v) is 2.84. The minimum absolute atomic E-state index is 0.110. The second-order valence-corrected chi connectivity index (χ2v) is 4.18. The Morgan fingerprint density at radius 1 is 1.74 bits per heavy atom. The molecular formula is C11H12N4O4. The Morgan fingerprint density at radius 3 is 3.16 bits per heavy atom. The summed E-state index contributed by atoms with van der Waals surface area (Å²) in [7, 11) is 0. The van der Waals surface area contributed by atoms with Gasteiger partial charge in [-0.3, -0.25) is 19.8 Å². The summed E-state index contributed by atoms with van der Waals surface area (Å²) in [6.45, 7) is 1.44. The number of aromatic amines is 1. The number of carbonyl (C=O) groups is 1. The Bertz CT molecular complexity index is 533. The van der Waals surface area contributed by atoms with Crippen LogP contribution < -0.4 is 0 Å². The number of nitrogens with one attached hydrogen (secondary N) is 1. The van der Waals surface area contributed by atoms with Gasteiger partial charge in [-0.2, -0.15) is 5.26 Å². The lowest BCUT2D eigenvalue weighted by molar-refractivity contribution is -0.384. The Labute approximate surface area is 108 Å². The standard InChI is InChI=1S/C11H12N4O4/c12-4-9-6-14(1-2-19-9)7-11(16)10-3-8(5-13-10)15(17)18/h3,5,9,13H,1-2,6-7H2. The minimum Gasteiger partial charge on any atom is -0.361 e. The van der Waals surface area contributed by atoms with Gasteiger partial charge >= 0.3 is 0 Å². The predicted molar refractivity (Wildman–Crippen MR) is 63.6 cm³/mol. The molecule has 1 atom stereocenters. The fourth-order valence-corrected chi connectivity index (χ4v) is 1.86. The van der Waals surface area contributed by atoms with Crippen molar-refractivity contribution in [1.82, 2.24) is 9.88 Å². The Morgan fingerprint density at radius 2 is 2.53 bits per heavy atom. The van der Waals surface area contributed by atoms with Gasteiger partial charge in [0.15, 0.2) is 11.9 Å². The van der Waals surface area contributed by atoms with E-state index in [1.165, 1.54) is 12.3 Å². The van der Waals surface area contributed by atoms with Crippen molar-refractivity contribution in [2.45, 2.75) is 6.10 Å². The summed E-state index contributed by atoms with van der Waals surface area (Å²) in [5.74, 6) is -0.244. The number of carbonyl (C=O) groups excluding carboxylic acids is 1. The lowest BCUT2D eigenvalue weighted by Gasteiger charge is -2.28. The molecule has 0 aliphatic carbocycles. The number of rotatable bonds is 4. The smallest absolute Gasteiger partial charge is 0.287 e. The van der Waals surface area contributed by atoms with Crippen LogP contribution >= 0.6 is 0 Å². The molecule has 0 amide bonds. The molecule has 1 saturated heterocycles. The van der Waals surface area contributed by atoms with Crippen LogP contribution in [0.2, 0.25) is 0 Å². The van der Waals surface area contributed by atoms with E-state index in [0.717, 1.165) is 0 Å². The van der Waals surface area contributed by atoms with Crippen molar-refractivity contribution in [3.63, 3.8) is 0 Å². The highest BCUT2D eigenvalue weighted by atomic mass is 16.6. The molecule has 1 unspecified atom stereocenters. The molecule has 0 bridgehead atoms. The van der Waals surface area contributed by atoms with E-state index >= 15 is 0 Å². The van der Waals surface area contributed by atoms with Gasteiger partial charge in [0.1, 0.15) is 0 Å². The molecule has 8 nitrogen and oxygen atoms in total. The first-order chi connectivity index (χ1) is 9.10. The molecule has 0 saturated carbocycles. The highest BCUT2D eigenvalue weighted by Gasteiger charge is 2.23. The highest BCUT2D eigenvalue weighted by Crippen LogP contribution is 2.13. The number of Topliss-reactive ketones (excluding diaryl/α,β-unsaturated/α-hetero) is 1. The molecule has 8 heteroatoms. The zero-order valence-electron chi connectivity index (χ0n) is 10.0. The summed E-state index contributed by atoms with van der Waals surface area (Å²) in [6.07, 6.45) is 0.657. The van der Waals surface area contributed by atoms with Gasteiger partial charge in [-0.05, 0) is 0 Å². The number of ether oxygens (including phenoxy) is 1. The molecule has 1 N–H and O–H groups in total. The van der Waals surface area contributed by atoms with E-state index in [2.05, 4.69) is 4.98 Å². The molecular weight excluding hydrogens is 252 g/mol. The number of ketones is 1. The lowest BCUT2D eigenvalue weighted by atomic mass is 10.2. The van der Waals surface area contributed by atoms with Gasteiger partial charge in [0.2, 0.25) is 0 Å². The molecule has 1 fully saturated rings. The van der Waals surface area contributed by atoms with Crippen LogP contribution in [0, 0.1) is 21.4 Å². The fraction of sp³-hybridized carbons (Fsp3) is 0.455. The van der Waals surface area contributed by atoms with E-state index in [1.54, 1.807) is 4.90 Å². The van der Waals surface area contributed by atoms with Crippen LogP contribution in [0.3, 0.4) is 0 Å². The number of hydrogen-bond donors (Lipinski definition) is 1. The van der Waals surface area contributed by atoms with Crippen molar-refractivity contribution in [2.75, 3.05) is 26.2 Å². The Balaban J connectivity index is 1.96. The zero-order chi connectivity index (χ0) is 13.8. The summed E-state index contributed by atoms with van der Waals surface area (Å²) < 4.78 is 5.17. The summed E-state index contributed by atoms with van der Waals surface area (Å²) in [5, 5.41) is 19.3. The van der Waals surface area contributed by atoms with Crippen molar-refractivity contribution in [3.8, 4) is 6.07 Å². The zero-order valence-corrected chi connectivity index (χ0v) is 10.0. The average molecular weight is 264 g/mol. The van der Waals surface area contributed by atoms with Gasteiger partial charge in [0.25, 0.3) is 5.69 Å². The van der Waals surface area contributed by atoms with Crippen LogP contribution in [0.15, 0.2) is 12.3 Å². The summed E-state index contributed by atoms with van der Waals surface area (Å²) in [5.41, 5.74) is 0.0620. The first kappa shape index (κ1) is 13.2. The predicted octanol–water partition coefficient (Wildman–Crippen LogP) is 0.330. The quantitative estimate of drug-likeness (QED) is 0.476. The summed E-state index contributed by atoms with van der Waals surface area (Å²) in [4.78, 5) is 26.3. The molecule has 1 aromatic rings. The first-order valence-electron chi connectivity index (χ1n) is 5.69. The second-order valence-electron chi connectivity index (χ2n) is 4.18. The van der Waals surface area contributed by atoms with Gasteiger partial charge in [-0.15, -0.1) is 0 Å². The number of aromatic nitrogens is 1. The molecule has 1 aliphatic heterocycles. The average Bonchev–Trinajstić information content (AvgIpc) is 2.89. The maximum atomic E-state index is 11.9. The number of nitrogens with zero attached hydrogens (tertiary/aromatic N) is 3. The van der Waals surface area contributed by atoms with Crippen molar-refractivity contribution in [2.24, 2.45) is 0 Å². The van der Waals surface area contributed by atoms with E-state index in [4.69, 9.17) is 10.00 Å². The lowest BCUT2D eigenvalue weighted by Crippen LogP contribution is -2.44. The van der Waals surface area contributed by atoms with E-state index in [9.17, 15) is 14.9 Å². The monoisotopic (exact) mass is 264 g/mol. The second kappa shape index (κ2) is 5.60. The van der Waals surface area contributed by atoms with Crippen molar-refractivity contribution < 1.29 is 14.5 Å². The van der Waals surface area contributed by atoms with Gasteiger partial charge < -0.3 is 9.72 Å². The first-order valence-corrected chi connectivity index (χ1v) is 5.69. The SMILES string of the molecule is N#CC1CN(CC(=O)c2cc([N+](=O)[O-])c[nH]2)CCO1. The Hall–Kier alpha value is -2.24. The number of hydrogen-bond acceptors (Lipinski definition) is 6. The molecule has 0 radical (unpaired) electrons. The maximum absolute atomic E-state index is 11.9. The van der Waals surface area contributed by atoms with Crippen molar-refractivity contribution >= 4 is 11.5 Å².